The molecule has 88 valence electrons. The molecular formula is C8H12N4O3S. The van der Waals surface area contributed by atoms with E-state index in [1.165, 1.54) is 12.1 Å². The summed E-state index contributed by atoms with van der Waals surface area (Å²) in [6.07, 6.45) is 1.60. The van der Waals surface area contributed by atoms with E-state index in [0.717, 1.165) is 0 Å². The maximum atomic E-state index is 10.8. The fourth-order valence-corrected chi connectivity index (χ4v) is 1.43. The normalized spacial score (nSPS) is 12.1. The number of aromatic nitrogens is 1. The van der Waals surface area contributed by atoms with Crippen molar-refractivity contribution in [1.82, 2.24) is 4.98 Å². The Bertz CT molecular complexity index is 424. The van der Waals surface area contributed by atoms with Crippen molar-refractivity contribution in [2.24, 2.45) is 0 Å². The highest BCUT2D eigenvalue weighted by Crippen LogP contribution is 2.20. The lowest BCUT2D eigenvalue weighted by Gasteiger charge is -2.04. The van der Waals surface area contributed by atoms with Gasteiger partial charge in [-0.05, 0) is 6.07 Å². The van der Waals surface area contributed by atoms with Crippen LogP contribution in [0.1, 0.15) is 0 Å². The number of pyridine rings is 1. The van der Waals surface area contributed by atoms with Crippen LogP contribution in [-0.2, 0) is 10.8 Å². The van der Waals surface area contributed by atoms with Crippen molar-refractivity contribution >= 4 is 28.1 Å². The first-order valence-corrected chi connectivity index (χ1v) is 6.18. The van der Waals surface area contributed by atoms with Crippen LogP contribution >= 0.6 is 0 Å². The number of nitro groups is 1. The van der Waals surface area contributed by atoms with Crippen molar-refractivity contribution < 1.29 is 9.13 Å². The molecule has 0 aliphatic heterocycles. The summed E-state index contributed by atoms with van der Waals surface area (Å²) in [5, 5.41) is 13.3. The molecule has 1 heterocycles. The Morgan fingerprint density at radius 2 is 2.31 bits per heavy atom. The molecule has 0 aliphatic rings. The molecule has 0 aliphatic carbocycles. The summed E-state index contributed by atoms with van der Waals surface area (Å²) < 4.78 is 10.8. The molecule has 16 heavy (non-hydrogen) atoms. The topological polar surface area (TPSA) is 111 Å². The Morgan fingerprint density at radius 3 is 2.81 bits per heavy atom. The SMILES string of the molecule is CS(=O)CCNc1ccc([N+](=O)[O-])c(N)n1. The Labute approximate surface area is 94.7 Å². The van der Waals surface area contributed by atoms with E-state index in [0.29, 0.717) is 18.1 Å². The van der Waals surface area contributed by atoms with Crippen LogP contribution in [0.5, 0.6) is 0 Å². The highest BCUT2D eigenvalue weighted by Gasteiger charge is 2.12. The molecule has 0 radical (unpaired) electrons. The van der Waals surface area contributed by atoms with Gasteiger partial charge in [0, 0.05) is 35.4 Å². The minimum absolute atomic E-state index is 0.132. The van der Waals surface area contributed by atoms with Gasteiger partial charge in [-0.2, -0.15) is 0 Å². The van der Waals surface area contributed by atoms with Crippen LogP contribution in [0.3, 0.4) is 0 Å². The highest BCUT2D eigenvalue weighted by atomic mass is 32.2. The quantitative estimate of drug-likeness (QED) is 0.571. The van der Waals surface area contributed by atoms with E-state index in [9.17, 15) is 14.3 Å². The number of rotatable bonds is 5. The van der Waals surface area contributed by atoms with Gasteiger partial charge in [-0.1, -0.05) is 0 Å². The lowest BCUT2D eigenvalue weighted by Crippen LogP contribution is -2.11. The van der Waals surface area contributed by atoms with E-state index in [4.69, 9.17) is 5.73 Å². The first kappa shape index (κ1) is 12.4. The van der Waals surface area contributed by atoms with Gasteiger partial charge in [-0.3, -0.25) is 14.3 Å². The number of nitrogens with zero attached hydrogens (tertiary/aromatic N) is 2. The summed E-state index contributed by atoms with van der Waals surface area (Å²) in [4.78, 5) is 13.7. The molecule has 0 saturated carbocycles. The Balaban J connectivity index is 2.66. The van der Waals surface area contributed by atoms with Crippen molar-refractivity contribution in [3.63, 3.8) is 0 Å². The van der Waals surface area contributed by atoms with Crippen molar-refractivity contribution in [1.29, 1.82) is 0 Å². The first-order chi connectivity index (χ1) is 7.50. The Kier molecular flexibility index (Phi) is 4.18. The molecule has 1 atom stereocenters. The molecule has 0 spiro atoms. The van der Waals surface area contributed by atoms with Gasteiger partial charge in [0.05, 0.1) is 4.92 Å². The number of anilines is 2. The van der Waals surface area contributed by atoms with E-state index in [-0.39, 0.29) is 11.5 Å². The molecular weight excluding hydrogens is 232 g/mol. The third kappa shape index (κ3) is 3.46. The summed E-state index contributed by atoms with van der Waals surface area (Å²) in [5.74, 6) is 0.791. The standard InChI is InChI=1S/C8H12N4O3S/c1-16(15)5-4-10-7-3-2-6(12(13)14)8(9)11-7/h2-3H,4-5H2,1H3,(H3,9,10,11). The maximum Gasteiger partial charge on any atom is 0.311 e. The largest absolute Gasteiger partial charge is 0.378 e. The summed E-state index contributed by atoms with van der Waals surface area (Å²) in [6.45, 7) is 0.480. The molecule has 0 fully saturated rings. The van der Waals surface area contributed by atoms with Gasteiger partial charge in [0.15, 0.2) is 0 Å². The molecule has 1 unspecified atom stereocenters. The minimum atomic E-state index is -0.886. The zero-order valence-electron chi connectivity index (χ0n) is 8.67. The molecule has 0 bridgehead atoms. The van der Waals surface area contributed by atoms with Crippen LogP contribution in [0, 0.1) is 10.1 Å². The Morgan fingerprint density at radius 1 is 1.62 bits per heavy atom. The maximum absolute atomic E-state index is 10.8. The molecule has 3 N–H and O–H groups in total. The van der Waals surface area contributed by atoms with Crippen molar-refractivity contribution in [2.45, 2.75) is 0 Å². The third-order valence-electron chi connectivity index (χ3n) is 1.79. The zero-order valence-corrected chi connectivity index (χ0v) is 9.49. The van der Waals surface area contributed by atoms with Gasteiger partial charge in [0.25, 0.3) is 0 Å². The second-order valence-electron chi connectivity index (χ2n) is 3.06. The van der Waals surface area contributed by atoms with Gasteiger partial charge in [-0.25, -0.2) is 4.98 Å². The average molecular weight is 244 g/mol. The highest BCUT2D eigenvalue weighted by molar-refractivity contribution is 7.84. The number of nitrogen functional groups attached to an aromatic ring is 1. The zero-order chi connectivity index (χ0) is 12.1. The van der Waals surface area contributed by atoms with E-state index in [1.807, 2.05) is 0 Å². The predicted octanol–water partition coefficient (Wildman–Crippen LogP) is 0.362. The van der Waals surface area contributed by atoms with Crippen molar-refractivity contribution in [3.8, 4) is 0 Å². The molecule has 0 aromatic carbocycles. The second kappa shape index (κ2) is 5.40. The van der Waals surface area contributed by atoms with E-state index >= 15 is 0 Å². The minimum Gasteiger partial charge on any atom is -0.378 e. The van der Waals surface area contributed by atoms with Crippen LogP contribution < -0.4 is 11.1 Å². The van der Waals surface area contributed by atoms with Crippen LogP contribution in [0.4, 0.5) is 17.3 Å². The summed E-state index contributed by atoms with van der Waals surface area (Å²) >= 11 is 0. The van der Waals surface area contributed by atoms with Crippen LogP contribution in [0.2, 0.25) is 0 Å². The lowest BCUT2D eigenvalue weighted by atomic mass is 10.4. The monoisotopic (exact) mass is 244 g/mol. The molecule has 8 heteroatoms. The summed E-state index contributed by atoms with van der Waals surface area (Å²) in [7, 11) is -0.886. The van der Waals surface area contributed by atoms with E-state index < -0.39 is 15.7 Å². The van der Waals surface area contributed by atoms with E-state index in [2.05, 4.69) is 10.3 Å². The molecule has 1 aromatic rings. The molecule has 0 amide bonds. The smallest absolute Gasteiger partial charge is 0.311 e. The van der Waals surface area contributed by atoms with Gasteiger partial charge < -0.3 is 11.1 Å². The average Bonchev–Trinajstić information content (AvgIpc) is 2.16. The molecule has 0 saturated heterocycles. The van der Waals surface area contributed by atoms with Crippen molar-refractivity contribution in [2.75, 3.05) is 29.6 Å². The lowest BCUT2D eigenvalue weighted by molar-refractivity contribution is -0.384. The summed E-state index contributed by atoms with van der Waals surface area (Å²) in [6, 6.07) is 2.75. The molecule has 7 nitrogen and oxygen atoms in total. The number of nitrogens with one attached hydrogen (secondary N) is 1. The molecule has 1 rings (SSSR count). The fraction of sp³-hybridized carbons (Fsp3) is 0.375. The number of hydrogen-bond acceptors (Lipinski definition) is 6. The fourth-order valence-electron chi connectivity index (χ4n) is 1.04. The predicted molar refractivity (Wildman–Crippen MR) is 62.7 cm³/mol. The van der Waals surface area contributed by atoms with Crippen LogP contribution in [0.15, 0.2) is 12.1 Å². The first-order valence-electron chi connectivity index (χ1n) is 4.45. The Hall–Kier alpha value is -1.70. The molecule has 1 aromatic heterocycles. The van der Waals surface area contributed by atoms with Gasteiger partial charge >= 0.3 is 5.69 Å². The van der Waals surface area contributed by atoms with E-state index in [1.54, 1.807) is 6.26 Å². The van der Waals surface area contributed by atoms with Gasteiger partial charge in [0.1, 0.15) is 5.82 Å². The number of hydrogen-bond donors (Lipinski definition) is 2. The second-order valence-corrected chi connectivity index (χ2v) is 4.62. The third-order valence-corrected chi connectivity index (χ3v) is 2.57. The van der Waals surface area contributed by atoms with Crippen LogP contribution in [0.25, 0.3) is 0 Å². The van der Waals surface area contributed by atoms with Gasteiger partial charge in [-0.15, -0.1) is 0 Å². The summed E-state index contributed by atoms with van der Waals surface area (Å²) in [5.41, 5.74) is 5.18. The van der Waals surface area contributed by atoms with Crippen molar-refractivity contribution in [3.05, 3.63) is 22.2 Å². The van der Waals surface area contributed by atoms with Crippen LogP contribution in [-0.4, -0.2) is 32.7 Å². The van der Waals surface area contributed by atoms with Gasteiger partial charge in [0.2, 0.25) is 5.82 Å². The number of nitrogens with two attached hydrogens (primary N) is 1.